The highest BCUT2D eigenvalue weighted by Crippen LogP contribution is 2.29. The summed E-state index contributed by atoms with van der Waals surface area (Å²) in [6.45, 7) is 0. The van der Waals surface area contributed by atoms with Gasteiger partial charge in [-0.2, -0.15) is 13.2 Å². The summed E-state index contributed by atoms with van der Waals surface area (Å²) in [6, 6.07) is 9.66. The molecule has 2 aromatic heterocycles. The number of aromatic nitrogens is 3. The van der Waals surface area contributed by atoms with Crippen LogP contribution in [0.15, 0.2) is 42.6 Å². The zero-order valence-corrected chi connectivity index (χ0v) is 9.57. The molecule has 0 bridgehead atoms. The van der Waals surface area contributed by atoms with Gasteiger partial charge in [-0.05, 0) is 24.3 Å². The monoisotopic (exact) mass is 263 g/mol. The van der Waals surface area contributed by atoms with Crippen LogP contribution in [0, 0.1) is 0 Å². The molecule has 19 heavy (non-hydrogen) atoms. The summed E-state index contributed by atoms with van der Waals surface area (Å²) in [5.74, 6) is 0.454. The predicted octanol–water partition coefficient (Wildman–Crippen LogP) is 3.64. The molecule has 0 atom stereocenters. The molecule has 3 aromatic rings. The van der Waals surface area contributed by atoms with E-state index >= 15 is 0 Å². The minimum absolute atomic E-state index is 0.379. The van der Waals surface area contributed by atoms with Gasteiger partial charge >= 0.3 is 6.18 Å². The van der Waals surface area contributed by atoms with Gasteiger partial charge in [-0.1, -0.05) is 12.1 Å². The van der Waals surface area contributed by atoms with Crippen molar-refractivity contribution in [3.8, 4) is 11.5 Å². The van der Waals surface area contributed by atoms with Crippen LogP contribution < -0.4 is 0 Å². The molecule has 1 aromatic carbocycles. The van der Waals surface area contributed by atoms with E-state index in [1.807, 2.05) is 24.3 Å². The number of halogens is 3. The average Bonchev–Trinajstić information content (AvgIpc) is 2.81. The van der Waals surface area contributed by atoms with Crippen LogP contribution in [0.5, 0.6) is 0 Å². The first-order chi connectivity index (χ1) is 9.04. The number of hydrogen-bond donors (Lipinski definition) is 1. The van der Waals surface area contributed by atoms with Gasteiger partial charge in [0.05, 0.1) is 16.6 Å². The minimum atomic E-state index is -4.38. The Morgan fingerprint density at radius 1 is 1.00 bits per heavy atom. The van der Waals surface area contributed by atoms with Gasteiger partial charge in [0.15, 0.2) is 5.82 Å². The van der Waals surface area contributed by atoms with Crippen molar-refractivity contribution in [3.63, 3.8) is 0 Å². The number of fused-ring (bicyclic) bond motifs is 1. The van der Waals surface area contributed by atoms with E-state index in [1.165, 1.54) is 6.07 Å². The third-order valence-corrected chi connectivity index (χ3v) is 2.72. The second kappa shape index (κ2) is 4.08. The van der Waals surface area contributed by atoms with Crippen molar-refractivity contribution in [1.29, 1.82) is 0 Å². The summed E-state index contributed by atoms with van der Waals surface area (Å²) in [5, 5.41) is 0. The maximum atomic E-state index is 12.4. The topological polar surface area (TPSA) is 41.6 Å². The Balaban J connectivity index is 2.02. The number of H-pyrrole nitrogens is 1. The first-order valence-electron chi connectivity index (χ1n) is 5.52. The van der Waals surface area contributed by atoms with Gasteiger partial charge in [0, 0.05) is 6.20 Å². The molecular weight excluding hydrogens is 255 g/mol. The standard InChI is InChI=1S/C13H8F3N3/c14-13(15,16)8-5-6-11(17-7-8)12-18-9-3-1-2-4-10(9)19-12/h1-7H,(H,18,19). The minimum Gasteiger partial charge on any atom is -0.337 e. The van der Waals surface area contributed by atoms with Gasteiger partial charge in [0.1, 0.15) is 5.69 Å². The van der Waals surface area contributed by atoms with Crippen LogP contribution in [0.4, 0.5) is 13.2 Å². The normalized spacial score (nSPS) is 11.9. The number of nitrogens with zero attached hydrogens (tertiary/aromatic N) is 2. The highest BCUT2D eigenvalue weighted by molar-refractivity contribution is 5.78. The van der Waals surface area contributed by atoms with Crippen LogP contribution in [-0.2, 0) is 6.18 Å². The van der Waals surface area contributed by atoms with Crippen molar-refractivity contribution in [2.45, 2.75) is 6.18 Å². The number of aromatic amines is 1. The number of alkyl halides is 3. The van der Waals surface area contributed by atoms with Crippen molar-refractivity contribution in [3.05, 3.63) is 48.2 Å². The van der Waals surface area contributed by atoms with E-state index in [4.69, 9.17) is 0 Å². The lowest BCUT2D eigenvalue weighted by molar-refractivity contribution is -0.137. The van der Waals surface area contributed by atoms with Crippen molar-refractivity contribution in [2.24, 2.45) is 0 Å². The van der Waals surface area contributed by atoms with E-state index in [1.54, 1.807) is 0 Å². The number of imidazole rings is 1. The van der Waals surface area contributed by atoms with Crippen LogP contribution in [0.2, 0.25) is 0 Å². The van der Waals surface area contributed by atoms with Crippen molar-refractivity contribution in [1.82, 2.24) is 15.0 Å². The Morgan fingerprint density at radius 2 is 1.79 bits per heavy atom. The van der Waals surface area contributed by atoms with Gasteiger partial charge in [-0.25, -0.2) is 4.98 Å². The molecular formula is C13H8F3N3. The van der Waals surface area contributed by atoms with Crippen LogP contribution in [0.25, 0.3) is 22.6 Å². The smallest absolute Gasteiger partial charge is 0.337 e. The second-order valence-corrected chi connectivity index (χ2v) is 4.03. The molecule has 0 saturated carbocycles. The predicted molar refractivity (Wildman–Crippen MR) is 64.3 cm³/mol. The maximum absolute atomic E-state index is 12.4. The number of nitrogens with one attached hydrogen (secondary N) is 1. The Morgan fingerprint density at radius 3 is 2.42 bits per heavy atom. The summed E-state index contributed by atoms with van der Waals surface area (Å²) in [6.07, 6.45) is -3.57. The molecule has 1 N–H and O–H groups in total. The summed E-state index contributed by atoms with van der Waals surface area (Å²) in [4.78, 5) is 11.1. The van der Waals surface area contributed by atoms with Gasteiger partial charge in [-0.15, -0.1) is 0 Å². The lowest BCUT2D eigenvalue weighted by atomic mass is 10.2. The number of benzene rings is 1. The van der Waals surface area contributed by atoms with Gasteiger partial charge in [-0.3, -0.25) is 4.98 Å². The second-order valence-electron chi connectivity index (χ2n) is 4.03. The molecule has 0 aliphatic rings. The number of rotatable bonds is 1. The summed E-state index contributed by atoms with van der Waals surface area (Å²) in [7, 11) is 0. The van der Waals surface area contributed by atoms with Crippen LogP contribution in [-0.4, -0.2) is 15.0 Å². The lowest BCUT2D eigenvalue weighted by Gasteiger charge is -2.05. The molecule has 6 heteroatoms. The Kier molecular flexibility index (Phi) is 2.51. The fourth-order valence-corrected chi connectivity index (χ4v) is 1.78. The van der Waals surface area contributed by atoms with Crippen LogP contribution >= 0.6 is 0 Å². The highest BCUT2D eigenvalue weighted by atomic mass is 19.4. The van der Waals surface area contributed by atoms with E-state index in [2.05, 4.69) is 15.0 Å². The SMILES string of the molecule is FC(F)(F)c1ccc(-c2nc3ccccc3[nH]2)nc1. The van der Waals surface area contributed by atoms with E-state index in [9.17, 15) is 13.2 Å². The molecule has 3 rings (SSSR count). The molecule has 0 saturated heterocycles. The zero-order chi connectivity index (χ0) is 13.5. The quantitative estimate of drug-likeness (QED) is 0.728. The maximum Gasteiger partial charge on any atom is 0.417 e. The largest absolute Gasteiger partial charge is 0.417 e. The molecule has 0 fully saturated rings. The molecule has 2 heterocycles. The molecule has 3 nitrogen and oxygen atoms in total. The molecule has 0 spiro atoms. The molecule has 0 aliphatic carbocycles. The molecule has 0 amide bonds. The molecule has 96 valence electrons. The lowest BCUT2D eigenvalue weighted by Crippen LogP contribution is -2.05. The van der Waals surface area contributed by atoms with Gasteiger partial charge in [0.2, 0.25) is 0 Å². The Labute approximate surface area is 106 Å². The third kappa shape index (κ3) is 2.16. The highest BCUT2D eigenvalue weighted by Gasteiger charge is 2.30. The average molecular weight is 263 g/mol. The summed E-state index contributed by atoms with van der Waals surface area (Å²) >= 11 is 0. The van der Waals surface area contributed by atoms with Gasteiger partial charge in [0.25, 0.3) is 0 Å². The first-order valence-corrected chi connectivity index (χ1v) is 5.52. The van der Waals surface area contributed by atoms with Crippen molar-refractivity contribution >= 4 is 11.0 Å². The zero-order valence-electron chi connectivity index (χ0n) is 9.57. The van der Waals surface area contributed by atoms with Crippen LogP contribution in [0.3, 0.4) is 0 Å². The van der Waals surface area contributed by atoms with E-state index in [-0.39, 0.29) is 0 Å². The van der Waals surface area contributed by atoms with E-state index in [0.717, 1.165) is 23.3 Å². The van der Waals surface area contributed by atoms with Crippen molar-refractivity contribution < 1.29 is 13.2 Å². The Bertz CT molecular complexity index is 681. The number of pyridine rings is 1. The molecule has 0 aliphatic heterocycles. The molecule has 0 unspecified atom stereocenters. The van der Waals surface area contributed by atoms with E-state index in [0.29, 0.717) is 11.5 Å². The van der Waals surface area contributed by atoms with Gasteiger partial charge < -0.3 is 4.98 Å². The first kappa shape index (κ1) is 11.7. The fraction of sp³-hybridized carbons (Fsp3) is 0.0769. The van der Waals surface area contributed by atoms with Crippen LogP contribution in [0.1, 0.15) is 5.56 Å². The molecule has 0 radical (unpaired) electrons. The summed E-state index contributed by atoms with van der Waals surface area (Å²) < 4.78 is 37.3. The third-order valence-electron chi connectivity index (χ3n) is 2.72. The Hall–Kier alpha value is -2.37. The fourth-order valence-electron chi connectivity index (χ4n) is 1.78. The number of hydrogen-bond acceptors (Lipinski definition) is 2. The van der Waals surface area contributed by atoms with E-state index < -0.39 is 11.7 Å². The number of para-hydroxylation sites is 2. The summed E-state index contributed by atoms with van der Waals surface area (Å²) in [5.41, 5.74) is 1.18. The van der Waals surface area contributed by atoms with Crippen molar-refractivity contribution in [2.75, 3.05) is 0 Å².